The maximum absolute atomic E-state index is 12.6. The van der Waals surface area contributed by atoms with Crippen LogP contribution in [-0.4, -0.2) is 70.3 Å². The number of ether oxygens (including phenoxy) is 1. The molecular formula is C22H33N3O5S. The zero-order valence-electron chi connectivity index (χ0n) is 18.2. The highest BCUT2D eigenvalue weighted by Crippen LogP contribution is 2.20. The van der Waals surface area contributed by atoms with Crippen LogP contribution in [0.25, 0.3) is 0 Å². The third-order valence-corrected chi connectivity index (χ3v) is 7.00. The summed E-state index contributed by atoms with van der Waals surface area (Å²) in [5.41, 5.74) is 0.854. The molecule has 172 valence electrons. The van der Waals surface area contributed by atoms with Crippen LogP contribution in [0.5, 0.6) is 0 Å². The van der Waals surface area contributed by atoms with Crippen molar-refractivity contribution in [2.75, 3.05) is 43.4 Å². The fraction of sp³-hybridized carbons (Fsp3) is 0.636. The van der Waals surface area contributed by atoms with Crippen LogP contribution in [0.2, 0.25) is 0 Å². The summed E-state index contributed by atoms with van der Waals surface area (Å²) in [5.74, 6) is -0.410. The number of rotatable bonds is 6. The first kappa shape index (κ1) is 23.5. The Kier molecular flexibility index (Phi) is 8.31. The second-order valence-electron chi connectivity index (χ2n) is 8.33. The number of nitrogens with one attached hydrogen (secondary N) is 1. The third kappa shape index (κ3) is 6.93. The second-order valence-corrected chi connectivity index (χ2v) is 10.2. The first-order valence-electron chi connectivity index (χ1n) is 11.1. The molecule has 1 N–H and O–H groups in total. The lowest BCUT2D eigenvalue weighted by Crippen LogP contribution is -2.44. The smallest absolute Gasteiger partial charge is 0.254 e. The van der Waals surface area contributed by atoms with Crippen molar-refractivity contribution in [1.29, 1.82) is 0 Å². The Balaban J connectivity index is 1.66. The van der Waals surface area contributed by atoms with Gasteiger partial charge in [0, 0.05) is 24.7 Å². The fourth-order valence-corrected chi connectivity index (χ4v) is 4.98. The molecule has 1 aliphatic heterocycles. The van der Waals surface area contributed by atoms with E-state index in [-0.39, 0.29) is 24.4 Å². The van der Waals surface area contributed by atoms with Gasteiger partial charge in [-0.1, -0.05) is 32.1 Å². The molecule has 0 spiro atoms. The van der Waals surface area contributed by atoms with Gasteiger partial charge >= 0.3 is 0 Å². The number of hydrogen-bond acceptors (Lipinski definition) is 5. The van der Waals surface area contributed by atoms with Gasteiger partial charge in [0.2, 0.25) is 15.9 Å². The molecule has 1 aromatic rings. The van der Waals surface area contributed by atoms with E-state index in [9.17, 15) is 18.0 Å². The van der Waals surface area contributed by atoms with E-state index in [1.807, 2.05) is 0 Å². The van der Waals surface area contributed by atoms with Crippen molar-refractivity contribution < 1.29 is 22.7 Å². The Morgan fingerprint density at radius 2 is 1.61 bits per heavy atom. The number of anilines is 1. The number of carbonyl (C=O) groups is 2. The van der Waals surface area contributed by atoms with Crippen molar-refractivity contribution in [2.45, 2.75) is 51.0 Å². The SMILES string of the molecule is CS(=O)(=O)N(CC(=O)NC1CCCCCCC1)c1ccc(C(=O)N2CCOCC2)cc1. The second kappa shape index (κ2) is 10.9. The van der Waals surface area contributed by atoms with Gasteiger partial charge in [-0.05, 0) is 37.1 Å². The summed E-state index contributed by atoms with van der Waals surface area (Å²) in [5, 5.41) is 3.01. The zero-order chi connectivity index (χ0) is 22.3. The van der Waals surface area contributed by atoms with E-state index in [2.05, 4.69) is 5.32 Å². The lowest BCUT2D eigenvalue weighted by atomic mass is 9.97. The molecule has 0 atom stereocenters. The van der Waals surface area contributed by atoms with Crippen molar-refractivity contribution >= 4 is 27.5 Å². The standard InChI is InChI=1S/C22H33N3O5S/c1-31(28,29)25(17-21(26)23-19-7-5-3-2-4-6-8-19)20-11-9-18(10-12-20)22(27)24-13-15-30-16-14-24/h9-12,19H,2-8,13-17H2,1H3,(H,23,26). The van der Waals surface area contributed by atoms with Crippen molar-refractivity contribution in [3.05, 3.63) is 29.8 Å². The molecule has 1 heterocycles. The Hall–Kier alpha value is -2.13. The molecule has 8 nitrogen and oxygen atoms in total. The van der Waals surface area contributed by atoms with Gasteiger partial charge in [0.1, 0.15) is 6.54 Å². The van der Waals surface area contributed by atoms with E-state index >= 15 is 0 Å². The molecule has 1 saturated heterocycles. The van der Waals surface area contributed by atoms with Crippen molar-refractivity contribution in [3.63, 3.8) is 0 Å². The maximum atomic E-state index is 12.6. The highest BCUT2D eigenvalue weighted by atomic mass is 32.2. The van der Waals surface area contributed by atoms with Crippen LogP contribution in [0.15, 0.2) is 24.3 Å². The number of sulfonamides is 1. The van der Waals surface area contributed by atoms with E-state index in [4.69, 9.17) is 4.74 Å². The summed E-state index contributed by atoms with van der Waals surface area (Å²) in [4.78, 5) is 27.0. The van der Waals surface area contributed by atoms with Crippen LogP contribution in [0.4, 0.5) is 5.69 Å². The molecule has 1 aliphatic carbocycles. The summed E-state index contributed by atoms with van der Waals surface area (Å²) in [7, 11) is -3.66. The van der Waals surface area contributed by atoms with Gasteiger partial charge in [-0.2, -0.15) is 0 Å². The highest BCUT2D eigenvalue weighted by Gasteiger charge is 2.24. The predicted octanol–water partition coefficient (Wildman–Crippen LogP) is 2.15. The van der Waals surface area contributed by atoms with Crippen LogP contribution in [-0.2, 0) is 19.6 Å². The monoisotopic (exact) mass is 451 g/mol. The van der Waals surface area contributed by atoms with Gasteiger partial charge in [-0.15, -0.1) is 0 Å². The van der Waals surface area contributed by atoms with Gasteiger partial charge in [0.05, 0.1) is 25.2 Å². The molecule has 0 aromatic heterocycles. The predicted molar refractivity (Wildman–Crippen MR) is 120 cm³/mol. The summed E-state index contributed by atoms with van der Waals surface area (Å²) in [6, 6.07) is 6.48. The lowest BCUT2D eigenvalue weighted by molar-refractivity contribution is -0.120. The molecule has 2 fully saturated rings. The summed E-state index contributed by atoms with van der Waals surface area (Å²) in [6.07, 6.45) is 8.72. The van der Waals surface area contributed by atoms with E-state index in [1.54, 1.807) is 29.2 Å². The molecule has 0 radical (unpaired) electrons. The molecule has 0 unspecified atom stereocenters. The van der Waals surface area contributed by atoms with Crippen LogP contribution in [0.3, 0.4) is 0 Å². The Bertz CT molecular complexity index is 842. The van der Waals surface area contributed by atoms with Crippen molar-refractivity contribution in [2.24, 2.45) is 0 Å². The first-order valence-corrected chi connectivity index (χ1v) is 12.9. The average molecular weight is 452 g/mol. The highest BCUT2D eigenvalue weighted by molar-refractivity contribution is 7.92. The van der Waals surface area contributed by atoms with Crippen LogP contribution in [0, 0.1) is 0 Å². The van der Waals surface area contributed by atoms with Crippen molar-refractivity contribution in [1.82, 2.24) is 10.2 Å². The average Bonchev–Trinajstić information content (AvgIpc) is 2.73. The molecule has 31 heavy (non-hydrogen) atoms. The minimum atomic E-state index is -3.66. The van der Waals surface area contributed by atoms with E-state index in [0.717, 1.165) is 36.2 Å². The molecular weight excluding hydrogens is 418 g/mol. The third-order valence-electron chi connectivity index (χ3n) is 5.86. The first-order chi connectivity index (χ1) is 14.8. The Labute approximate surface area is 185 Å². The van der Waals surface area contributed by atoms with E-state index in [0.29, 0.717) is 37.6 Å². The van der Waals surface area contributed by atoms with Crippen LogP contribution < -0.4 is 9.62 Å². The largest absolute Gasteiger partial charge is 0.378 e. The number of amides is 2. The normalized spacial score (nSPS) is 18.7. The van der Waals surface area contributed by atoms with Crippen molar-refractivity contribution in [3.8, 4) is 0 Å². The number of carbonyl (C=O) groups excluding carboxylic acids is 2. The molecule has 2 aliphatic rings. The maximum Gasteiger partial charge on any atom is 0.254 e. The van der Waals surface area contributed by atoms with Crippen LogP contribution in [0.1, 0.15) is 55.3 Å². The van der Waals surface area contributed by atoms with E-state index in [1.165, 1.54) is 19.3 Å². The topological polar surface area (TPSA) is 96.0 Å². The van der Waals surface area contributed by atoms with Gasteiger partial charge in [-0.25, -0.2) is 8.42 Å². The van der Waals surface area contributed by atoms with Gasteiger partial charge < -0.3 is 15.0 Å². The number of benzene rings is 1. The number of nitrogens with zero attached hydrogens (tertiary/aromatic N) is 2. The number of morpholine rings is 1. The fourth-order valence-electron chi connectivity index (χ4n) is 4.12. The summed E-state index contributed by atoms with van der Waals surface area (Å²) < 4.78 is 31.1. The van der Waals surface area contributed by atoms with Crippen LogP contribution >= 0.6 is 0 Å². The molecule has 1 saturated carbocycles. The molecule has 2 amide bonds. The zero-order valence-corrected chi connectivity index (χ0v) is 19.0. The molecule has 9 heteroatoms. The number of hydrogen-bond donors (Lipinski definition) is 1. The lowest BCUT2D eigenvalue weighted by Gasteiger charge is -2.27. The quantitative estimate of drug-likeness (QED) is 0.715. The molecule has 0 bridgehead atoms. The summed E-state index contributed by atoms with van der Waals surface area (Å²) >= 11 is 0. The molecule has 1 aromatic carbocycles. The molecule has 3 rings (SSSR count). The van der Waals surface area contributed by atoms with Gasteiger partial charge in [0.15, 0.2) is 0 Å². The Morgan fingerprint density at radius 3 is 2.19 bits per heavy atom. The Morgan fingerprint density at radius 1 is 1.03 bits per heavy atom. The van der Waals surface area contributed by atoms with Gasteiger partial charge in [0.25, 0.3) is 5.91 Å². The minimum Gasteiger partial charge on any atom is -0.378 e. The van der Waals surface area contributed by atoms with E-state index < -0.39 is 10.0 Å². The summed E-state index contributed by atoms with van der Waals surface area (Å²) in [6.45, 7) is 1.84. The minimum absolute atomic E-state index is 0.0998. The van der Waals surface area contributed by atoms with Gasteiger partial charge in [-0.3, -0.25) is 13.9 Å².